The molecule has 1 amide bonds. The van der Waals surface area contributed by atoms with Crippen molar-refractivity contribution in [3.05, 3.63) is 71.5 Å². The topological polar surface area (TPSA) is 54.5 Å². The minimum Gasteiger partial charge on any atom is -0.340 e. The molecule has 1 atom stereocenters. The maximum Gasteiger partial charge on any atom is 0.240 e. The van der Waals surface area contributed by atoms with Gasteiger partial charge in [0, 0.05) is 13.6 Å². The van der Waals surface area contributed by atoms with Gasteiger partial charge in [-0.15, -0.1) is 0 Å². The van der Waals surface area contributed by atoms with Crippen molar-refractivity contribution in [1.29, 1.82) is 0 Å². The molecule has 128 valence electrons. The van der Waals surface area contributed by atoms with Gasteiger partial charge in [0.2, 0.25) is 5.91 Å². The van der Waals surface area contributed by atoms with Gasteiger partial charge in [0.1, 0.15) is 11.1 Å². The van der Waals surface area contributed by atoms with Crippen molar-refractivity contribution in [2.75, 3.05) is 7.05 Å². The third-order valence-corrected chi connectivity index (χ3v) is 5.82. The fraction of sp³-hybridized carbons (Fsp3) is 0.278. The van der Waals surface area contributed by atoms with Crippen LogP contribution in [0.15, 0.2) is 54.6 Å². The molecule has 2 aromatic rings. The third kappa shape index (κ3) is 4.64. The fourth-order valence-electron chi connectivity index (χ4n) is 2.34. The maximum absolute atomic E-state index is 12.9. The number of benzene rings is 2. The molecule has 0 saturated carbocycles. The highest BCUT2D eigenvalue weighted by Crippen LogP contribution is 2.15. The first kappa shape index (κ1) is 18.1. The van der Waals surface area contributed by atoms with Gasteiger partial charge in [0.25, 0.3) is 0 Å². The minimum absolute atomic E-state index is 0.292. The van der Waals surface area contributed by atoms with Crippen LogP contribution in [0, 0.1) is 5.82 Å². The highest BCUT2D eigenvalue weighted by Gasteiger charge is 2.30. The molecule has 0 heterocycles. The molecule has 2 rings (SSSR count). The molecular weight excluding hydrogens is 329 g/mol. The van der Waals surface area contributed by atoms with Crippen LogP contribution in [0.4, 0.5) is 4.39 Å². The van der Waals surface area contributed by atoms with E-state index in [1.165, 1.54) is 36.1 Å². The highest BCUT2D eigenvalue weighted by atomic mass is 32.2. The molecule has 0 bridgehead atoms. The number of carbonyl (C=O) groups is 1. The molecule has 0 aliphatic rings. The number of rotatable bonds is 6. The average molecular weight is 349 g/mol. The minimum atomic E-state index is -3.68. The molecule has 0 aliphatic heterocycles. The quantitative estimate of drug-likeness (QED) is 0.806. The van der Waals surface area contributed by atoms with E-state index in [0.29, 0.717) is 12.1 Å². The van der Waals surface area contributed by atoms with Gasteiger partial charge in [-0.2, -0.15) is 0 Å². The van der Waals surface area contributed by atoms with E-state index in [0.717, 1.165) is 5.56 Å². The Morgan fingerprint density at radius 2 is 1.62 bits per heavy atom. The molecule has 0 radical (unpaired) electrons. The summed E-state index contributed by atoms with van der Waals surface area (Å²) in [6, 6.07) is 14.6. The van der Waals surface area contributed by atoms with Gasteiger partial charge in [-0.25, -0.2) is 12.8 Å². The molecule has 6 heteroatoms. The number of sulfone groups is 1. The van der Waals surface area contributed by atoms with Crippen molar-refractivity contribution < 1.29 is 17.6 Å². The predicted molar refractivity (Wildman–Crippen MR) is 91.4 cm³/mol. The Morgan fingerprint density at radius 3 is 2.21 bits per heavy atom. The van der Waals surface area contributed by atoms with Crippen molar-refractivity contribution in [3.63, 3.8) is 0 Å². The van der Waals surface area contributed by atoms with Crippen molar-refractivity contribution in [3.8, 4) is 0 Å². The van der Waals surface area contributed by atoms with E-state index in [4.69, 9.17) is 0 Å². The largest absolute Gasteiger partial charge is 0.340 e. The number of carbonyl (C=O) groups excluding carboxylic acids is 1. The van der Waals surface area contributed by atoms with E-state index in [1.54, 1.807) is 7.05 Å². The summed E-state index contributed by atoms with van der Waals surface area (Å²) in [6.07, 6.45) is 0. The second kappa shape index (κ2) is 7.57. The van der Waals surface area contributed by atoms with Crippen molar-refractivity contribution in [2.24, 2.45) is 0 Å². The van der Waals surface area contributed by atoms with Gasteiger partial charge in [-0.05, 0) is 30.2 Å². The van der Waals surface area contributed by atoms with E-state index in [-0.39, 0.29) is 5.75 Å². The Labute approximate surface area is 141 Å². The average Bonchev–Trinajstić information content (AvgIpc) is 2.56. The summed E-state index contributed by atoms with van der Waals surface area (Å²) in [5.41, 5.74) is 1.39. The fourth-order valence-corrected chi connectivity index (χ4v) is 3.73. The van der Waals surface area contributed by atoms with Crippen molar-refractivity contribution in [2.45, 2.75) is 24.5 Å². The zero-order chi connectivity index (χ0) is 17.7. The van der Waals surface area contributed by atoms with E-state index in [2.05, 4.69) is 0 Å². The van der Waals surface area contributed by atoms with Gasteiger partial charge in [0.15, 0.2) is 9.84 Å². The zero-order valence-corrected chi connectivity index (χ0v) is 14.5. The standard InChI is InChI=1S/C18H20FNO3S/c1-14(18(21)20(2)12-15-6-4-3-5-7-15)24(22,23)13-16-8-10-17(19)11-9-16/h3-11,14H,12-13H2,1-2H3/t14-/m0/s1. The van der Waals surface area contributed by atoms with Crippen LogP contribution >= 0.6 is 0 Å². The van der Waals surface area contributed by atoms with Crippen molar-refractivity contribution in [1.82, 2.24) is 4.90 Å². The first-order valence-electron chi connectivity index (χ1n) is 7.54. The molecule has 0 unspecified atom stereocenters. The Bertz CT molecular complexity index is 789. The van der Waals surface area contributed by atoms with Gasteiger partial charge < -0.3 is 4.90 Å². The molecular formula is C18H20FNO3S. The van der Waals surface area contributed by atoms with Crippen LogP contribution in [0.1, 0.15) is 18.1 Å². The maximum atomic E-state index is 12.9. The van der Waals surface area contributed by atoms with Gasteiger partial charge >= 0.3 is 0 Å². The van der Waals surface area contributed by atoms with E-state index in [1.807, 2.05) is 30.3 Å². The van der Waals surface area contributed by atoms with Gasteiger partial charge in [-0.3, -0.25) is 4.79 Å². The van der Waals surface area contributed by atoms with E-state index < -0.39 is 26.8 Å². The van der Waals surface area contributed by atoms with Gasteiger partial charge in [-0.1, -0.05) is 42.5 Å². The third-order valence-electron chi connectivity index (χ3n) is 3.81. The molecule has 2 aromatic carbocycles. The summed E-state index contributed by atoms with van der Waals surface area (Å²) in [6.45, 7) is 1.73. The zero-order valence-electron chi connectivity index (χ0n) is 13.6. The molecule has 0 saturated heterocycles. The van der Waals surface area contributed by atoms with Crippen LogP contribution < -0.4 is 0 Å². The number of amides is 1. The Hall–Kier alpha value is -2.21. The van der Waals surface area contributed by atoms with Crippen LogP contribution in [0.25, 0.3) is 0 Å². The van der Waals surface area contributed by atoms with Crippen LogP contribution in [0.2, 0.25) is 0 Å². The number of halogens is 1. The summed E-state index contributed by atoms with van der Waals surface area (Å²) in [4.78, 5) is 13.8. The second-order valence-corrected chi connectivity index (χ2v) is 8.08. The molecule has 0 fully saturated rings. The normalized spacial score (nSPS) is 12.6. The lowest BCUT2D eigenvalue weighted by Crippen LogP contribution is -2.39. The van der Waals surface area contributed by atoms with Crippen LogP contribution in [-0.2, 0) is 26.9 Å². The Balaban J connectivity index is 2.06. The van der Waals surface area contributed by atoms with Crippen molar-refractivity contribution >= 4 is 15.7 Å². The molecule has 0 aliphatic carbocycles. The van der Waals surface area contributed by atoms with Crippen LogP contribution in [0.5, 0.6) is 0 Å². The molecule has 24 heavy (non-hydrogen) atoms. The van der Waals surface area contributed by atoms with Crippen LogP contribution in [0.3, 0.4) is 0 Å². The van der Waals surface area contributed by atoms with E-state index >= 15 is 0 Å². The Morgan fingerprint density at radius 1 is 1.04 bits per heavy atom. The summed E-state index contributed by atoms with van der Waals surface area (Å²) in [5.74, 6) is -1.18. The van der Waals surface area contributed by atoms with Gasteiger partial charge in [0.05, 0.1) is 5.75 Å². The smallest absolute Gasteiger partial charge is 0.240 e. The SMILES string of the molecule is C[C@@H](C(=O)N(C)Cc1ccccc1)S(=O)(=O)Cc1ccc(F)cc1. The second-order valence-electron chi connectivity index (χ2n) is 5.76. The molecule has 0 N–H and O–H groups in total. The predicted octanol–water partition coefficient (Wildman–Crippen LogP) is 2.79. The molecule has 0 spiro atoms. The highest BCUT2D eigenvalue weighted by molar-refractivity contribution is 7.92. The first-order valence-corrected chi connectivity index (χ1v) is 9.26. The number of hydrogen-bond donors (Lipinski definition) is 0. The lowest BCUT2D eigenvalue weighted by atomic mass is 10.2. The summed E-state index contributed by atoms with van der Waals surface area (Å²) in [5, 5.41) is -1.16. The lowest BCUT2D eigenvalue weighted by Gasteiger charge is -2.21. The monoisotopic (exact) mass is 349 g/mol. The molecule has 4 nitrogen and oxygen atoms in total. The number of nitrogens with zero attached hydrogens (tertiary/aromatic N) is 1. The summed E-state index contributed by atoms with van der Waals surface area (Å²) in [7, 11) is -2.09. The first-order chi connectivity index (χ1) is 11.3. The Kier molecular flexibility index (Phi) is 5.72. The lowest BCUT2D eigenvalue weighted by molar-refractivity contribution is -0.129. The number of hydrogen-bond acceptors (Lipinski definition) is 3. The summed E-state index contributed by atoms with van der Waals surface area (Å²) < 4.78 is 37.8. The summed E-state index contributed by atoms with van der Waals surface area (Å²) >= 11 is 0. The van der Waals surface area contributed by atoms with Crippen LogP contribution in [-0.4, -0.2) is 31.5 Å². The molecule has 0 aromatic heterocycles. The van der Waals surface area contributed by atoms with E-state index in [9.17, 15) is 17.6 Å².